The van der Waals surface area contributed by atoms with E-state index in [1.54, 1.807) is 24.3 Å². The largest absolute Gasteiger partial charge is 0.493 e. The van der Waals surface area contributed by atoms with Crippen molar-refractivity contribution in [2.24, 2.45) is 0 Å². The van der Waals surface area contributed by atoms with E-state index in [0.717, 1.165) is 0 Å². The number of rotatable bonds is 5. The molecule has 112 valence electrons. The lowest BCUT2D eigenvalue weighted by molar-refractivity contribution is -0.137. The fourth-order valence-electron chi connectivity index (χ4n) is 1.92. The number of piperidine rings is 1. The molecule has 6 nitrogen and oxygen atoms in total. The Kier molecular flexibility index (Phi) is 5.16. The fraction of sp³-hybridized carbons (Fsp3) is 0.357. The Balaban J connectivity index is 1.72. The van der Waals surface area contributed by atoms with E-state index in [-0.39, 0.29) is 31.3 Å². The van der Waals surface area contributed by atoms with E-state index in [1.165, 1.54) is 0 Å². The average molecular weight is 311 g/mol. The lowest BCUT2D eigenvalue weighted by Gasteiger charge is -2.21. The van der Waals surface area contributed by atoms with Gasteiger partial charge < -0.3 is 10.1 Å². The molecule has 0 bridgehead atoms. The van der Waals surface area contributed by atoms with Gasteiger partial charge in [0.2, 0.25) is 17.7 Å². The molecule has 0 aliphatic carbocycles. The summed E-state index contributed by atoms with van der Waals surface area (Å²) in [5, 5.41) is 5.32. The predicted octanol–water partition coefficient (Wildman–Crippen LogP) is 1.03. The van der Waals surface area contributed by atoms with Gasteiger partial charge in [0.25, 0.3) is 0 Å². The summed E-state index contributed by atoms with van der Waals surface area (Å²) in [6.07, 6.45) is 0.672. The van der Waals surface area contributed by atoms with Crippen LogP contribution < -0.4 is 15.4 Å². The van der Waals surface area contributed by atoms with Crippen molar-refractivity contribution in [3.63, 3.8) is 0 Å². The molecule has 2 N–H and O–H groups in total. The highest BCUT2D eigenvalue weighted by Gasteiger charge is 2.27. The summed E-state index contributed by atoms with van der Waals surface area (Å²) < 4.78 is 5.39. The Bertz CT molecular complexity index is 562. The Hall–Kier alpha value is -2.08. The molecule has 0 aromatic heterocycles. The zero-order valence-electron chi connectivity index (χ0n) is 11.2. The van der Waals surface area contributed by atoms with Gasteiger partial charge in [-0.15, -0.1) is 0 Å². The van der Waals surface area contributed by atoms with Crippen molar-refractivity contribution in [3.05, 3.63) is 29.3 Å². The Morgan fingerprint density at radius 3 is 2.95 bits per heavy atom. The minimum Gasteiger partial charge on any atom is -0.493 e. The first-order chi connectivity index (χ1) is 10.0. The number of benzene rings is 1. The van der Waals surface area contributed by atoms with Gasteiger partial charge in [0.1, 0.15) is 11.8 Å². The molecule has 1 saturated heterocycles. The minimum absolute atomic E-state index is 0.115. The zero-order valence-corrected chi connectivity index (χ0v) is 12.0. The summed E-state index contributed by atoms with van der Waals surface area (Å²) in [6, 6.07) is 6.22. The molecule has 0 spiro atoms. The molecule has 21 heavy (non-hydrogen) atoms. The number of imide groups is 1. The van der Waals surface area contributed by atoms with Crippen molar-refractivity contribution in [2.45, 2.75) is 25.3 Å². The summed E-state index contributed by atoms with van der Waals surface area (Å²) in [5.74, 6) is -0.493. The number of amides is 3. The highest BCUT2D eigenvalue weighted by molar-refractivity contribution is 6.30. The van der Waals surface area contributed by atoms with Crippen LogP contribution in [0.3, 0.4) is 0 Å². The van der Waals surface area contributed by atoms with Crippen molar-refractivity contribution >= 4 is 29.3 Å². The maximum absolute atomic E-state index is 11.7. The van der Waals surface area contributed by atoms with Gasteiger partial charge in [0, 0.05) is 11.4 Å². The fourth-order valence-corrected chi connectivity index (χ4v) is 2.10. The van der Waals surface area contributed by atoms with Gasteiger partial charge >= 0.3 is 0 Å². The quantitative estimate of drug-likeness (QED) is 0.796. The Morgan fingerprint density at radius 2 is 2.24 bits per heavy atom. The summed E-state index contributed by atoms with van der Waals surface area (Å²) in [6.45, 7) is 0.180. The monoisotopic (exact) mass is 310 g/mol. The van der Waals surface area contributed by atoms with Gasteiger partial charge in [-0.2, -0.15) is 0 Å². The summed E-state index contributed by atoms with van der Waals surface area (Å²) in [5.41, 5.74) is 0. The molecule has 1 heterocycles. The maximum atomic E-state index is 11.7. The van der Waals surface area contributed by atoms with E-state index in [4.69, 9.17) is 16.3 Å². The highest BCUT2D eigenvalue weighted by atomic mass is 35.5. The van der Waals surface area contributed by atoms with Crippen LogP contribution in [0, 0.1) is 0 Å². The van der Waals surface area contributed by atoms with Crippen molar-refractivity contribution in [1.29, 1.82) is 0 Å². The van der Waals surface area contributed by atoms with Gasteiger partial charge in [-0.3, -0.25) is 19.7 Å². The summed E-state index contributed by atoms with van der Waals surface area (Å²) in [7, 11) is 0. The van der Waals surface area contributed by atoms with Crippen LogP contribution in [-0.4, -0.2) is 30.4 Å². The Labute approximate surface area is 126 Å². The second kappa shape index (κ2) is 7.08. The molecule has 2 rings (SSSR count). The first-order valence-corrected chi connectivity index (χ1v) is 6.94. The first-order valence-electron chi connectivity index (χ1n) is 6.56. The zero-order chi connectivity index (χ0) is 15.2. The number of halogens is 1. The SMILES string of the molecule is O=C1CCC(NC(=O)CCOc2cccc(Cl)c2)C(=O)N1. The molecular formula is C14H15ClN2O4. The minimum atomic E-state index is -0.652. The molecule has 1 atom stereocenters. The molecule has 1 aliphatic rings. The number of nitrogens with one attached hydrogen (secondary N) is 2. The number of hydrogen-bond donors (Lipinski definition) is 2. The van der Waals surface area contributed by atoms with Crippen LogP contribution in [0.1, 0.15) is 19.3 Å². The Morgan fingerprint density at radius 1 is 1.43 bits per heavy atom. The summed E-state index contributed by atoms with van der Waals surface area (Å²) in [4.78, 5) is 34.2. The van der Waals surface area contributed by atoms with Gasteiger partial charge in [0.05, 0.1) is 13.0 Å². The number of carbonyl (C=O) groups excluding carboxylic acids is 3. The van der Waals surface area contributed by atoms with E-state index in [0.29, 0.717) is 17.2 Å². The molecule has 1 aliphatic heterocycles. The predicted molar refractivity (Wildman–Crippen MR) is 75.9 cm³/mol. The lowest BCUT2D eigenvalue weighted by atomic mass is 10.1. The number of hydrogen-bond acceptors (Lipinski definition) is 4. The lowest BCUT2D eigenvalue weighted by Crippen LogP contribution is -2.52. The van der Waals surface area contributed by atoms with E-state index in [9.17, 15) is 14.4 Å². The molecular weight excluding hydrogens is 296 g/mol. The first kappa shape index (κ1) is 15.3. The van der Waals surface area contributed by atoms with Crippen LogP contribution in [0.25, 0.3) is 0 Å². The van der Waals surface area contributed by atoms with Crippen LogP contribution >= 0.6 is 11.6 Å². The van der Waals surface area contributed by atoms with Crippen molar-refractivity contribution < 1.29 is 19.1 Å². The van der Waals surface area contributed by atoms with E-state index >= 15 is 0 Å². The van der Waals surface area contributed by atoms with Crippen LogP contribution in [-0.2, 0) is 14.4 Å². The smallest absolute Gasteiger partial charge is 0.249 e. The second-order valence-electron chi connectivity index (χ2n) is 4.63. The van der Waals surface area contributed by atoms with Gasteiger partial charge in [-0.05, 0) is 24.6 Å². The van der Waals surface area contributed by atoms with E-state index in [1.807, 2.05) is 0 Å². The third-order valence-electron chi connectivity index (χ3n) is 2.97. The third kappa shape index (κ3) is 4.75. The van der Waals surface area contributed by atoms with Gasteiger partial charge in [0.15, 0.2) is 0 Å². The maximum Gasteiger partial charge on any atom is 0.249 e. The van der Waals surface area contributed by atoms with E-state index < -0.39 is 11.9 Å². The molecule has 0 saturated carbocycles. The van der Waals surface area contributed by atoms with Crippen molar-refractivity contribution in [3.8, 4) is 5.75 Å². The second-order valence-corrected chi connectivity index (χ2v) is 5.06. The molecule has 1 unspecified atom stereocenters. The van der Waals surface area contributed by atoms with Crippen molar-refractivity contribution in [2.75, 3.05) is 6.61 Å². The third-order valence-corrected chi connectivity index (χ3v) is 3.20. The number of carbonyl (C=O) groups is 3. The van der Waals surface area contributed by atoms with E-state index in [2.05, 4.69) is 10.6 Å². The standard InChI is InChI=1S/C14H15ClN2O4/c15-9-2-1-3-10(8-9)21-7-6-13(19)16-11-4-5-12(18)17-14(11)20/h1-3,8,11H,4-7H2,(H,16,19)(H,17,18,20). The van der Waals surface area contributed by atoms with Crippen LogP contribution in [0.2, 0.25) is 5.02 Å². The normalized spacial score (nSPS) is 18.0. The molecule has 1 fully saturated rings. The molecule has 1 aromatic rings. The van der Waals surface area contributed by atoms with Crippen LogP contribution in [0.15, 0.2) is 24.3 Å². The van der Waals surface area contributed by atoms with Gasteiger partial charge in [-0.1, -0.05) is 17.7 Å². The number of ether oxygens (including phenoxy) is 1. The summed E-state index contributed by atoms with van der Waals surface area (Å²) >= 11 is 5.81. The van der Waals surface area contributed by atoms with Crippen molar-refractivity contribution in [1.82, 2.24) is 10.6 Å². The van der Waals surface area contributed by atoms with Crippen LogP contribution in [0.4, 0.5) is 0 Å². The van der Waals surface area contributed by atoms with Crippen LogP contribution in [0.5, 0.6) is 5.75 Å². The topological polar surface area (TPSA) is 84.5 Å². The molecule has 0 radical (unpaired) electrons. The molecule has 3 amide bonds. The van der Waals surface area contributed by atoms with Gasteiger partial charge in [-0.25, -0.2) is 0 Å². The molecule has 7 heteroatoms. The highest BCUT2D eigenvalue weighted by Crippen LogP contribution is 2.17. The average Bonchev–Trinajstić information content (AvgIpc) is 2.42. The molecule has 1 aromatic carbocycles.